The molecule has 21 heavy (non-hydrogen) atoms. The molecule has 0 fully saturated rings. The zero-order chi connectivity index (χ0) is 15.6. The van der Waals surface area contributed by atoms with Crippen molar-refractivity contribution >= 4 is 38.9 Å². The topological polar surface area (TPSA) is 96.4 Å². The molecular formula is C12H11ClN2O4S2. The second-order valence-corrected chi connectivity index (χ2v) is 7.58. The van der Waals surface area contributed by atoms with Gasteiger partial charge in [-0.3, -0.25) is 0 Å². The van der Waals surface area contributed by atoms with E-state index in [0.29, 0.717) is 4.34 Å². The van der Waals surface area contributed by atoms with Crippen LogP contribution < -0.4 is 4.72 Å². The van der Waals surface area contributed by atoms with Gasteiger partial charge in [0, 0.05) is 11.1 Å². The van der Waals surface area contributed by atoms with Crippen molar-refractivity contribution in [2.75, 3.05) is 0 Å². The molecule has 2 aromatic rings. The molecule has 0 aromatic carbocycles. The standard InChI is InChI=1S/C12H11ClN2O4S2/c1-7(9-3-4-10(13)20-9)15-21(18,19)11-5-2-8(6-14-11)12(16)17/h2-7,15H,1H3,(H,16,17). The highest BCUT2D eigenvalue weighted by atomic mass is 35.5. The van der Waals surface area contributed by atoms with Crippen molar-refractivity contribution in [2.45, 2.75) is 18.0 Å². The number of rotatable bonds is 5. The van der Waals surface area contributed by atoms with Gasteiger partial charge in [-0.25, -0.2) is 22.9 Å². The van der Waals surface area contributed by atoms with Crippen molar-refractivity contribution in [3.8, 4) is 0 Å². The number of sulfonamides is 1. The molecule has 9 heteroatoms. The molecule has 0 spiro atoms. The molecule has 0 amide bonds. The van der Waals surface area contributed by atoms with E-state index in [1.54, 1.807) is 19.1 Å². The second-order valence-electron chi connectivity index (χ2n) is 4.18. The number of aromatic carboxylic acids is 1. The summed E-state index contributed by atoms with van der Waals surface area (Å²) in [6, 6.07) is 5.30. The van der Waals surface area contributed by atoms with Crippen molar-refractivity contribution < 1.29 is 18.3 Å². The van der Waals surface area contributed by atoms with E-state index in [2.05, 4.69) is 9.71 Å². The van der Waals surface area contributed by atoms with Gasteiger partial charge >= 0.3 is 5.97 Å². The quantitative estimate of drug-likeness (QED) is 0.867. The molecule has 2 rings (SSSR count). The summed E-state index contributed by atoms with van der Waals surface area (Å²) in [4.78, 5) is 15.1. The minimum Gasteiger partial charge on any atom is -0.478 e. The molecule has 1 atom stereocenters. The summed E-state index contributed by atoms with van der Waals surface area (Å²) >= 11 is 7.09. The normalized spacial score (nSPS) is 13.0. The van der Waals surface area contributed by atoms with Crippen molar-refractivity contribution in [1.82, 2.24) is 9.71 Å². The highest BCUT2D eigenvalue weighted by molar-refractivity contribution is 7.89. The van der Waals surface area contributed by atoms with Gasteiger partial charge in [0.1, 0.15) is 0 Å². The molecule has 0 radical (unpaired) electrons. The monoisotopic (exact) mass is 346 g/mol. The maximum atomic E-state index is 12.2. The fraction of sp³-hybridized carbons (Fsp3) is 0.167. The molecular weight excluding hydrogens is 336 g/mol. The van der Waals surface area contributed by atoms with Gasteiger partial charge in [0.05, 0.1) is 15.9 Å². The van der Waals surface area contributed by atoms with E-state index >= 15 is 0 Å². The SMILES string of the molecule is CC(NS(=O)(=O)c1ccc(C(=O)O)cn1)c1ccc(Cl)s1. The van der Waals surface area contributed by atoms with Crippen LogP contribution in [0.5, 0.6) is 0 Å². The third-order valence-corrected chi connectivity index (χ3v) is 5.48. The summed E-state index contributed by atoms with van der Waals surface area (Å²) in [5.41, 5.74) is -0.0768. The minimum atomic E-state index is -3.83. The summed E-state index contributed by atoms with van der Waals surface area (Å²) in [5, 5.41) is 8.52. The van der Waals surface area contributed by atoms with Gasteiger partial charge < -0.3 is 5.11 Å². The molecule has 6 nitrogen and oxygen atoms in total. The van der Waals surface area contributed by atoms with Crippen molar-refractivity contribution in [1.29, 1.82) is 0 Å². The van der Waals surface area contributed by atoms with Crippen LogP contribution >= 0.6 is 22.9 Å². The molecule has 0 aliphatic heterocycles. The molecule has 0 bridgehead atoms. The highest BCUT2D eigenvalue weighted by Crippen LogP contribution is 2.27. The molecule has 2 N–H and O–H groups in total. The number of nitrogens with zero attached hydrogens (tertiary/aromatic N) is 1. The summed E-state index contributed by atoms with van der Waals surface area (Å²) < 4.78 is 27.3. The average molecular weight is 347 g/mol. The Morgan fingerprint density at radius 1 is 1.38 bits per heavy atom. The zero-order valence-electron chi connectivity index (χ0n) is 10.8. The number of carbonyl (C=O) groups is 1. The smallest absolute Gasteiger partial charge is 0.337 e. The van der Waals surface area contributed by atoms with E-state index in [1.165, 1.54) is 17.4 Å². The van der Waals surface area contributed by atoms with Crippen LogP contribution in [0.15, 0.2) is 35.5 Å². The van der Waals surface area contributed by atoms with Crippen LogP contribution in [0.25, 0.3) is 0 Å². The van der Waals surface area contributed by atoms with Crippen LogP contribution in [0, 0.1) is 0 Å². The fourth-order valence-corrected chi connectivity index (χ4v) is 3.87. The Morgan fingerprint density at radius 3 is 2.57 bits per heavy atom. The molecule has 0 aliphatic carbocycles. The predicted molar refractivity (Wildman–Crippen MR) is 79.3 cm³/mol. The fourth-order valence-electron chi connectivity index (χ4n) is 1.58. The summed E-state index contributed by atoms with van der Waals surface area (Å²) in [6.45, 7) is 1.69. The number of pyridine rings is 1. The van der Waals surface area contributed by atoms with Gasteiger partial charge in [0.2, 0.25) is 0 Å². The first kappa shape index (κ1) is 15.9. The van der Waals surface area contributed by atoms with Crippen LogP contribution in [0.3, 0.4) is 0 Å². The molecule has 112 valence electrons. The number of carboxylic acid groups (broad SMARTS) is 1. The summed E-state index contributed by atoms with van der Waals surface area (Å²) in [7, 11) is -3.83. The highest BCUT2D eigenvalue weighted by Gasteiger charge is 2.21. The Bertz CT molecular complexity index is 756. The van der Waals surface area contributed by atoms with E-state index < -0.39 is 22.0 Å². The van der Waals surface area contributed by atoms with E-state index in [0.717, 1.165) is 17.1 Å². The number of nitrogens with one attached hydrogen (secondary N) is 1. The van der Waals surface area contributed by atoms with E-state index in [4.69, 9.17) is 16.7 Å². The van der Waals surface area contributed by atoms with E-state index in [-0.39, 0.29) is 10.6 Å². The number of halogens is 1. The van der Waals surface area contributed by atoms with Crippen molar-refractivity contribution in [3.63, 3.8) is 0 Å². The van der Waals surface area contributed by atoms with Crippen LogP contribution in [-0.4, -0.2) is 24.5 Å². The maximum Gasteiger partial charge on any atom is 0.337 e. The number of thiophene rings is 1. The van der Waals surface area contributed by atoms with Gasteiger partial charge in [-0.15, -0.1) is 11.3 Å². The van der Waals surface area contributed by atoms with E-state index in [1.807, 2.05) is 0 Å². The second kappa shape index (κ2) is 6.10. The van der Waals surface area contributed by atoms with Gasteiger partial charge in [-0.2, -0.15) is 0 Å². The Morgan fingerprint density at radius 2 is 2.10 bits per heavy atom. The molecule has 2 aromatic heterocycles. The molecule has 0 saturated carbocycles. The lowest BCUT2D eigenvalue weighted by molar-refractivity contribution is 0.0696. The molecule has 2 heterocycles. The maximum absolute atomic E-state index is 12.2. The molecule has 0 saturated heterocycles. The first-order valence-corrected chi connectivity index (χ1v) is 8.44. The first-order valence-electron chi connectivity index (χ1n) is 5.76. The van der Waals surface area contributed by atoms with Gasteiger partial charge in [-0.05, 0) is 31.2 Å². The van der Waals surface area contributed by atoms with Crippen molar-refractivity contribution in [3.05, 3.63) is 45.2 Å². The van der Waals surface area contributed by atoms with Gasteiger partial charge in [0.15, 0.2) is 5.03 Å². The minimum absolute atomic E-state index is 0.0768. The van der Waals surface area contributed by atoms with Crippen LogP contribution in [-0.2, 0) is 10.0 Å². The lowest BCUT2D eigenvalue weighted by Crippen LogP contribution is -2.27. The van der Waals surface area contributed by atoms with Gasteiger partial charge in [0.25, 0.3) is 10.0 Å². The summed E-state index contributed by atoms with van der Waals surface area (Å²) in [5.74, 6) is -1.17. The number of aromatic nitrogens is 1. The zero-order valence-corrected chi connectivity index (χ0v) is 13.2. The average Bonchev–Trinajstić information content (AvgIpc) is 2.85. The van der Waals surface area contributed by atoms with E-state index in [9.17, 15) is 13.2 Å². The largest absolute Gasteiger partial charge is 0.478 e. The van der Waals surface area contributed by atoms with Crippen LogP contribution in [0.4, 0.5) is 0 Å². The summed E-state index contributed by atoms with van der Waals surface area (Å²) in [6.07, 6.45) is 1.00. The van der Waals surface area contributed by atoms with Crippen LogP contribution in [0.2, 0.25) is 4.34 Å². The number of hydrogen-bond acceptors (Lipinski definition) is 5. The Balaban J connectivity index is 2.19. The third-order valence-electron chi connectivity index (χ3n) is 2.61. The van der Waals surface area contributed by atoms with Crippen LogP contribution in [0.1, 0.15) is 28.2 Å². The van der Waals surface area contributed by atoms with Crippen molar-refractivity contribution in [2.24, 2.45) is 0 Å². The Labute approximate surface area is 130 Å². The molecule has 0 aliphatic rings. The first-order chi connectivity index (χ1) is 9.79. The Kier molecular flexibility index (Phi) is 4.62. The number of carboxylic acids is 1. The lowest BCUT2D eigenvalue weighted by atomic mass is 10.3. The number of hydrogen-bond donors (Lipinski definition) is 2. The Hall–Kier alpha value is -1.48. The van der Waals surface area contributed by atoms with Gasteiger partial charge in [-0.1, -0.05) is 11.6 Å². The molecule has 1 unspecified atom stereocenters. The third kappa shape index (κ3) is 3.79. The lowest BCUT2D eigenvalue weighted by Gasteiger charge is -2.12. The predicted octanol–water partition coefficient (Wildman–Crippen LogP) is 2.53.